The fourth-order valence-electron chi connectivity index (χ4n) is 9.58. The summed E-state index contributed by atoms with van der Waals surface area (Å²) in [6.07, 6.45) is 0. The summed E-state index contributed by atoms with van der Waals surface area (Å²) in [6.45, 7) is -1.20. The molecule has 0 amide bonds. The zero-order valence-electron chi connectivity index (χ0n) is 34.4. The summed E-state index contributed by atoms with van der Waals surface area (Å²) in [7, 11) is 0. The van der Waals surface area contributed by atoms with Crippen LogP contribution in [0.15, 0.2) is 194 Å². The van der Waals surface area contributed by atoms with Gasteiger partial charge in [0.2, 0.25) is 0 Å². The SMILES string of the molecule is O=C(O)COc1ccc2cc(-c3cc4ccccc4c4ccccc34)ccc2c1-c1c(OCC(=O)O)c(-c2ccccc2-c2cc3ccccc3c3ccccc23)cc2ccccc12. The van der Waals surface area contributed by atoms with Gasteiger partial charge in [-0.3, -0.25) is 0 Å². The molecule has 0 bridgehead atoms. The zero-order valence-corrected chi connectivity index (χ0v) is 34.4. The second-order valence-electron chi connectivity index (χ2n) is 16.0. The molecule has 0 heterocycles. The first-order chi connectivity index (χ1) is 31.4. The van der Waals surface area contributed by atoms with Crippen molar-refractivity contribution in [3.8, 4) is 56.0 Å². The van der Waals surface area contributed by atoms with Gasteiger partial charge in [0.15, 0.2) is 13.2 Å². The fraction of sp³-hybridized carbons (Fsp3) is 0.0345. The summed E-state index contributed by atoms with van der Waals surface area (Å²) in [5.41, 5.74) is 6.78. The molecule has 0 aliphatic heterocycles. The molecule has 11 rings (SSSR count). The maximum atomic E-state index is 12.5. The standard InChI is InChI=1S/C58H38O6/c59-54(60)33-63-53-28-26-38-29-39(50-30-35-13-1-4-16-40(35)44-19-7-9-21-46(44)50)25-27-43(38)56(53)57-42-18-6-3-15-37(42)32-52(58(57)64-34-55(61)62)49-24-12-11-23-48(49)51-31-36-14-2-5-17-41(36)45-20-8-10-22-47(45)51/h1-32H,33-34H2,(H,59,60)(H,61,62). The summed E-state index contributed by atoms with van der Waals surface area (Å²) in [5.74, 6) is -1.58. The van der Waals surface area contributed by atoms with E-state index in [1.54, 1.807) is 6.07 Å². The van der Waals surface area contributed by atoms with Crippen LogP contribution in [0.5, 0.6) is 11.5 Å². The van der Waals surface area contributed by atoms with E-state index in [-0.39, 0.29) is 0 Å². The van der Waals surface area contributed by atoms with Crippen LogP contribution in [-0.4, -0.2) is 35.4 Å². The predicted octanol–water partition coefficient (Wildman–Crippen LogP) is 14.2. The third-order valence-corrected chi connectivity index (χ3v) is 12.3. The van der Waals surface area contributed by atoms with Gasteiger partial charge in [-0.2, -0.15) is 0 Å². The highest BCUT2D eigenvalue weighted by molar-refractivity contribution is 6.18. The second kappa shape index (κ2) is 15.8. The number of carboxylic acid groups (broad SMARTS) is 2. The van der Waals surface area contributed by atoms with E-state index < -0.39 is 25.2 Å². The van der Waals surface area contributed by atoms with Gasteiger partial charge >= 0.3 is 11.9 Å². The van der Waals surface area contributed by atoms with Gasteiger partial charge in [-0.25, -0.2) is 9.59 Å². The monoisotopic (exact) mass is 830 g/mol. The molecule has 0 aliphatic rings. The first-order valence-corrected chi connectivity index (χ1v) is 21.1. The van der Waals surface area contributed by atoms with Gasteiger partial charge < -0.3 is 19.7 Å². The second-order valence-corrected chi connectivity index (χ2v) is 16.0. The third kappa shape index (κ3) is 6.60. The Morgan fingerprint density at radius 3 is 1.41 bits per heavy atom. The zero-order chi connectivity index (χ0) is 43.3. The van der Waals surface area contributed by atoms with E-state index in [9.17, 15) is 19.8 Å². The van der Waals surface area contributed by atoms with Crippen LogP contribution < -0.4 is 9.47 Å². The molecule has 306 valence electrons. The lowest BCUT2D eigenvalue weighted by atomic mass is 9.85. The van der Waals surface area contributed by atoms with Gasteiger partial charge in [-0.05, 0) is 123 Å². The van der Waals surface area contributed by atoms with Crippen molar-refractivity contribution in [3.63, 3.8) is 0 Å². The van der Waals surface area contributed by atoms with Gasteiger partial charge in [0.05, 0.1) is 0 Å². The quantitative estimate of drug-likeness (QED) is 0.133. The lowest BCUT2D eigenvalue weighted by Gasteiger charge is -2.23. The van der Waals surface area contributed by atoms with Gasteiger partial charge in [0.1, 0.15) is 11.5 Å². The summed E-state index contributed by atoms with van der Waals surface area (Å²) in [4.78, 5) is 24.6. The molecule has 11 aromatic rings. The van der Waals surface area contributed by atoms with Crippen molar-refractivity contribution in [2.24, 2.45) is 0 Å². The van der Waals surface area contributed by atoms with Gasteiger partial charge in [-0.15, -0.1) is 0 Å². The van der Waals surface area contributed by atoms with Gasteiger partial charge in [-0.1, -0.05) is 164 Å². The van der Waals surface area contributed by atoms with Crippen LogP contribution in [0.25, 0.3) is 109 Å². The number of hydrogen-bond acceptors (Lipinski definition) is 4. The van der Waals surface area contributed by atoms with Crippen LogP contribution >= 0.6 is 0 Å². The van der Waals surface area contributed by atoms with Gasteiger partial charge in [0.25, 0.3) is 0 Å². The molecule has 0 fully saturated rings. The lowest BCUT2D eigenvalue weighted by Crippen LogP contribution is -2.12. The summed E-state index contributed by atoms with van der Waals surface area (Å²) in [6, 6.07) is 66.2. The number of rotatable bonds is 10. The molecule has 0 saturated heterocycles. The molecule has 2 N–H and O–H groups in total. The Bertz CT molecular complexity index is 3700. The number of ether oxygens (including phenoxy) is 2. The van der Waals surface area contributed by atoms with E-state index in [2.05, 4.69) is 127 Å². The first-order valence-electron chi connectivity index (χ1n) is 21.1. The lowest BCUT2D eigenvalue weighted by molar-refractivity contribution is -0.140. The minimum absolute atomic E-state index is 0.329. The van der Waals surface area contributed by atoms with Crippen LogP contribution in [0.2, 0.25) is 0 Å². The topological polar surface area (TPSA) is 93.1 Å². The van der Waals surface area contributed by atoms with Crippen molar-refractivity contribution in [1.29, 1.82) is 0 Å². The summed E-state index contributed by atoms with van der Waals surface area (Å²) in [5, 5.41) is 32.5. The van der Waals surface area contributed by atoms with Crippen LogP contribution in [0, 0.1) is 0 Å². The average Bonchev–Trinajstić information content (AvgIpc) is 3.34. The normalized spacial score (nSPS) is 11.5. The molecule has 6 nitrogen and oxygen atoms in total. The molecular weight excluding hydrogens is 793 g/mol. The highest BCUT2D eigenvalue weighted by atomic mass is 16.5. The molecule has 0 atom stereocenters. The number of aliphatic carboxylic acids is 2. The predicted molar refractivity (Wildman–Crippen MR) is 259 cm³/mol. The Hall–Kier alpha value is -8.48. The minimum Gasteiger partial charge on any atom is -0.481 e. The maximum Gasteiger partial charge on any atom is 0.341 e. The van der Waals surface area contributed by atoms with E-state index in [0.29, 0.717) is 28.2 Å². The Morgan fingerprint density at radius 1 is 0.344 bits per heavy atom. The molecule has 0 unspecified atom stereocenters. The number of hydrogen-bond donors (Lipinski definition) is 2. The Labute approximate surface area is 367 Å². The molecule has 0 aliphatic carbocycles. The number of benzene rings is 11. The fourth-order valence-corrected chi connectivity index (χ4v) is 9.58. The van der Waals surface area contributed by atoms with Crippen LogP contribution in [-0.2, 0) is 9.59 Å². The molecule has 0 spiro atoms. The van der Waals surface area contributed by atoms with Crippen molar-refractivity contribution in [2.45, 2.75) is 0 Å². The van der Waals surface area contributed by atoms with E-state index in [1.807, 2.05) is 60.7 Å². The van der Waals surface area contributed by atoms with Crippen LogP contribution in [0.1, 0.15) is 0 Å². The Morgan fingerprint density at radius 2 is 0.781 bits per heavy atom. The largest absolute Gasteiger partial charge is 0.481 e. The molecule has 6 heteroatoms. The molecule has 0 aromatic heterocycles. The number of carboxylic acids is 2. The molecule has 64 heavy (non-hydrogen) atoms. The van der Waals surface area contributed by atoms with Crippen molar-refractivity contribution < 1.29 is 29.3 Å². The maximum absolute atomic E-state index is 12.5. The highest BCUT2D eigenvalue weighted by Gasteiger charge is 2.26. The molecule has 0 saturated carbocycles. The minimum atomic E-state index is -1.13. The van der Waals surface area contributed by atoms with E-state index in [1.165, 1.54) is 5.39 Å². The van der Waals surface area contributed by atoms with E-state index >= 15 is 0 Å². The van der Waals surface area contributed by atoms with Gasteiger partial charge in [0, 0.05) is 16.7 Å². The Balaban J connectivity index is 1.21. The first kappa shape index (κ1) is 38.4. The molecule has 0 radical (unpaired) electrons. The number of fused-ring (bicyclic) bond motifs is 8. The highest BCUT2D eigenvalue weighted by Crippen LogP contribution is 2.52. The summed E-state index contributed by atoms with van der Waals surface area (Å²) >= 11 is 0. The van der Waals surface area contributed by atoms with Crippen molar-refractivity contribution in [3.05, 3.63) is 194 Å². The summed E-state index contributed by atoms with van der Waals surface area (Å²) < 4.78 is 12.7. The third-order valence-electron chi connectivity index (χ3n) is 12.3. The Kier molecular flexibility index (Phi) is 9.47. The van der Waals surface area contributed by atoms with Crippen molar-refractivity contribution in [1.82, 2.24) is 0 Å². The molecule has 11 aromatic carbocycles. The van der Waals surface area contributed by atoms with Crippen molar-refractivity contribution >= 4 is 76.6 Å². The van der Waals surface area contributed by atoms with Crippen molar-refractivity contribution in [2.75, 3.05) is 13.2 Å². The van der Waals surface area contributed by atoms with E-state index in [0.717, 1.165) is 87.1 Å². The number of carbonyl (C=O) groups is 2. The molecular formula is C58H38O6. The smallest absolute Gasteiger partial charge is 0.341 e. The average molecular weight is 831 g/mol. The van der Waals surface area contributed by atoms with Crippen LogP contribution in [0.4, 0.5) is 0 Å². The van der Waals surface area contributed by atoms with Crippen LogP contribution in [0.3, 0.4) is 0 Å². The van der Waals surface area contributed by atoms with E-state index in [4.69, 9.17) is 9.47 Å².